The fourth-order valence-electron chi connectivity index (χ4n) is 3.24. The van der Waals surface area contributed by atoms with Crippen molar-refractivity contribution in [2.24, 2.45) is 0 Å². The smallest absolute Gasteiger partial charge is 0.256 e. The van der Waals surface area contributed by atoms with E-state index in [0.717, 1.165) is 0 Å². The maximum Gasteiger partial charge on any atom is 0.256 e. The van der Waals surface area contributed by atoms with E-state index in [2.05, 4.69) is 26.0 Å². The van der Waals surface area contributed by atoms with E-state index in [4.69, 9.17) is 4.74 Å². The van der Waals surface area contributed by atoms with Crippen molar-refractivity contribution in [2.75, 3.05) is 25.5 Å². The van der Waals surface area contributed by atoms with Gasteiger partial charge < -0.3 is 20.7 Å². The summed E-state index contributed by atoms with van der Waals surface area (Å²) in [7, 11) is 1.80. The van der Waals surface area contributed by atoms with Crippen LogP contribution < -0.4 is 20.7 Å². The number of hydrogen-bond donors (Lipinski definition) is 3. The molecule has 28 heavy (non-hydrogen) atoms. The summed E-state index contributed by atoms with van der Waals surface area (Å²) < 4.78 is 21.6. The van der Waals surface area contributed by atoms with Gasteiger partial charge in [0.15, 0.2) is 5.65 Å². The largest absolute Gasteiger partial charge is 0.487 e. The van der Waals surface area contributed by atoms with Crippen LogP contribution in [0.4, 0.5) is 10.2 Å². The first-order valence-corrected chi connectivity index (χ1v) is 9.05. The minimum atomic E-state index is -0.347. The summed E-state index contributed by atoms with van der Waals surface area (Å²) in [5, 5.41) is 13.4. The molecule has 2 atom stereocenters. The molecule has 3 N–H and O–H groups in total. The highest BCUT2D eigenvalue weighted by atomic mass is 19.1. The average Bonchev–Trinajstić information content (AvgIpc) is 3.10. The highest BCUT2D eigenvalue weighted by Crippen LogP contribution is 2.29. The SMILES string of the molecule is CNC[C@@H]1CNC(=O)c2cnn3ccc(nc23)N[C@H](C)c2cc(F)ccc2O1. The maximum absolute atomic E-state index is 13.9. The van der Waals surface area contributed by atoms with Gasteiger partial charge in [0.2, 0.25) is 0 Å². The first kappa shape index (κ1) is 18.2. The van der Waals surface area contributed by atoms with Gasteiger partial charge in [0.05, 0.1) is 18.8 Å². The third kappa shape index (κ3) is 3.48. The number of anilines is 1. The van der Waals surface area contributed by atoms with Crippen LogP contribution >= 0.6 is 0 Å². The van der Waals surface area contributed by atoms with Crippen molar-refractivity contribution in [2.45, 2.75) is 19.1 Å². The number of rotatable bonds is 2. The molecule has 0 saturated carbocycles. The molecule has 3 heterocycles. The predicted molar refractivity (Wildman–Crippen MR) is 102 cm³/mol. The number of carbonyl (C=O) groups excluding carboxylic acids is 1. The van der Waals surface area contributed by atoms with Crippen molar-refractivity contribution < 1.29 is 13.9 Å². The third-order valence-corrected chi connectivity index (χ3v) is 4.63. The maximum atomic E-state index is 13.9. The van der Waals surface area contributed by atoms with Crippen molar-refractivity contribution in [3.05, 3.63) is 53.6 Å². The molecule has 0 spiro atoms. The highest BCUT2D eigenvalue weighted by molar-refractivity contribution is 5.99. The van der Waals surface area contributed by atoms with E-state index in [1.807, 2.05) is 6.92 Å². The molecule has 0 aliphatic carbocycles. The molecule has 0 radical (unpaired) electrons. The van der Waals surface area contributed by atoms with E-state index in [9.17, 15) is 9.18 Å². The summed E-state index contributed by atoms with van der Waals surface area (Å²) >= 11 is 0. The fourth-order valence-corrected chi connectivity index (χ4v) is 3.24. The Labute approximate surface area is 161 Å². The van der Waals surface area contributed by atoms with Crippen LogP contribution in [0, 0.1) is 5.82 Å². The van der Waals surface area contributed by atoms with Gasteiger partial charge in [-0.15, -0.1) is 0 Å². The zero-order valence-electron chi connectivity index (χ0n) is 15.6. The van der Waals surface area contributed by atoms with Gasteiger partial charge in [-0.1, -0.05) is 0 Å². The average molecular weight is 384 g/mol. The van der Waals surface area contributed by atoms with Gasteiger partial charge in [-0.2, -0.15) is 5.10 Å². The minimum Gasteiger partial charge on any atom is -0.487 e. The molecular weight excluding hydrogens is 363 g/mol. The lowest BCUT2D eigenvalue weighted by molar-refractivity contribution is 0.0928. The van der Waals surface area contributed by atoms with E-state index in [-0.39, 0.29) is 30.4 Å². The second kappa shape index (κ2) is 7.43. The van der Waals surface area contributed by atoms with Gasteiger partial charge >= 0.3 is 0 Å². The van der Waals surface area contributed by atoms with Crippen molar-refractivity contribution >= 4 is 17.4 Å². The fraction of sp³-hybridized carbons (Fsp3) is 0.316. The molecule has 0 saturated heterocycles. The molecule has 146 valence electrons. The van der Waals surface area contributed by atoms with Gasteiger partial charge in [-0.05, 0) is 38.2 Å². The number of likely N-dealkylation sites (N-methyl/N-ethyl adjacent to an activating group) is 1. The van der Waals surface area contributed by atoms with Crippen LogP contribution in [0.1, 0.15) is 28.9 Å². The Morgan fingerprint density at radius 1 is 1.39 bits per heavy atom. The number of ether oxygens (including phenoxy) is 1. The quantitative estimate of drug-likeness (QED) is 0.624. The van der Waals surface area contributed by atoms with E-state index < -0.39 is 0 Å². The summed E-state index contributed by atoms with van der Waals surface area (Å²) in [6, 6.07) is 5.90. The Morgan fingerprint density at radius 2 is 2.25 bits per heavy atom. The molecule has 1 amide bonds. The monoisotopic (exact) mass is 384 g/mol. The molecule has 0 fully saturated rings. The number of aromatic nitrogens is 3. The van der Waals surface area contributed by atoms with Crippen LogP contribution in [-0.4, -0.2) is 46.7 Å². The number of nitrogens with one attached hydrogen (secondary N) is 3. The van der Waals surface area contributed by atoms with E-state index >= 15 is 0 Å². The molecule has 4 rings (SSSR count). The van der Waals surface area contributed by atoms with Crippen molar-refractivity contribution in [3.8, 4) is 5.75 Å². The number of nitrogens with zero attached hydrogens (tertiary/aromatic N) is 3. The summed E-state index contributed by atoms with van der Waals surface area (Å²) in [5.41, 5.74) is 1.49. The molecule has 2 bridgehead atoms. The summed E-state index contributed by atoms with van der Waals surface area (Å²) in [6.45, 7) is 2.69. The highest BCUT2D eigenvalue weighted by Gasteiger charge is 2.21. The number of amides is 1. The zero-order valence-corrected chi connectivity index (χ0v) is 15.6. The van der Waals surface area contributed by atoms with E-state index in [1.54, 1.807) is 29.9 Å². The Kier molecular flexibility index (Phi) is 4.82. The number of benzene rings is 1. The van der Waals surface area contributed by atoms with Gasteiger partial charge in [-0.25, -0.2) is 13.9 Å². The number of hydrogen-bond acceptors (Lipinski definition) is 6. The van der Waals surface area contributed by atoms with Crippen LogP contribution in [0.3, 0.4) is 0 Å². The van der Waals surface area contributed by atoms with Gasteiger partial charge in [0, 0.05) is 18.3 Å². The second-order valence-corrected chi connectivity index (χ2v) is 6.69. The molecule has 2 aromatic heterocycles. The Morgan fingerprint density at radius 3 is 3.07 bits per heavy atom. The summed E-state index contributed by atoms with van der Waals surface area (Å²) in [6.07, 6.45) is 2.87. The molecule has 9 heteroatoms. The van der Waals surface area contributed by atoms with Gasteiger partial charge in [0.25, 0.3) is 5.91 Å². The Bertz CT molecular complexity index is 1020. The molecule has 1 aliphatic rings. The van der Waals surface area contributed by atoms with Crippen LogP contribution in [0.2, 0.25) is 0 Å². The van der Waals surface area contributed by atoms with Crippen molar-refractivity contribution in [3.63, 3.8) is 0 Å². The van der Waals surface area contributed by atoms with Crippen LogP contribution in [-0.2, 0) is 0 Å². The van der Waals surface area contributed by atoms with E-state index in [1.165, 1.54) is 18.3 Å². The van der Waals surface area contributed by atoms with Crippen molar-refractivity contribution in [1.29, 1.82) is 0 Å². The lowest BCUT2D eigenvalue weighted by Gasteiger charge is -2.23. The Balaban J connectivity index is 1.80. The zero-order chi connectivity index (χ0) is 19.7. The third-order valence-electron chi connectivity index (χ3n) is 4.63. The molecule has 0 unspecified atom stereocenters. The van der Waals surface area contributed by atoms with Gasteiger partial charge in [-0.3, -0.25) is 4.79 Å². The van der Waals surface area contributed by atoms with Crippen molar-refractivity contribution in [1.82, 2.24) is 25.2 Å². The van der Waals surface area contributed by atoms with E-state index in [0.29, 0.717) is 34.9 Å². The number of halogens is 1. The topological polar surface area (TPSA) is 92.6 Å². The summed E-state index contributed by atoms with van der Waals surface area (Å²) in [5.74, 6) is 0.478. The van der Waals surface area contributed by atoms with Gasteiger partial charge in [0.1, 0.15) is 29.1 Å². The molecule has 1 aromatic carbocycles. The Hall–Kier alpha value is -3.20. The first-order chi connectivity index (χ1) is 13.5. The normalized spacial score (nSPS) is 19.6. The van der Waals surface area contributed by atoms with Crippen LogP contribution in [0.25, 0.3) is 5.65 Å². The standard InChI is InChI=1S/C19H21FN6O2/c1-11-14-7-12(20)3-4-16(14)28-13(8-21-2)9-22-19(27)15-10-23-26-6-5-17(24-11)25-18(15)26/h3-7,10-11,13,21H,8-9H2,1-2H3,(H,22,27)(H,24,25)/t11-,13-/m1/s1. The summed E-state index contributed by atoms with van der Waals surface area (Å²) in [4.78, 5) is 17.2. The lowest BCUT2D eigenvalue weighted by atomic mass is 10.1. The number of carbonyl (C=O) groups is 1. The lowest BCUT2D eigenvalue weighted by Crippen LogP contribution is -2.41. The predicted octanol–water partition coefficient (Wildman–Crippen LogP) is 1.75. The second-order valence-electron chi connectivity index (χ2n) is 6.69. The molecular formula is C19H21FN6O2. The molecule has 3 aromatic rings. The van der Waals surface area contributed by atoms with Crippen LogP contribution in [0.5, 0.6) is 5.75 Å². The molecule has 1 aliphatic heterocycles. The molecule has 8 nitrogen and oxygen atoms in total. The first-order valence-electron chi connectivity index (χ1n) is 9.05. The van der Waals surface area contributed by atoms with Crippen LogP contribution in [0.15, 0.2) is 36.7 Å². The minimum absolute atomic E-state index is 0.272. The number of fused-ring (bicyclic) bond motifs is 2.